The van der Waals surface area contributed by atoms with Crippen molar-refractivity contribution in [2.45, 2.75) is 38.6 Å². The van der Waals surface area contributed by atoms with Crippen molar-refractivity contribution in [1.82, 2.24) is 24.9 Å². The summed E-state index contributed by atoms with van der Waals surface area (Å²) in [6.45, 7) is 1.45. The number of carbonyl (C=O) groups excluding carboxylic acids is 2. The molecule has 0 saturated carbocycles. The number of rotatable bonds is 6. The van der Waals surface area contributed by atoms with Gasteiger partial charge < -0.3 is 14.3 Å². The predicted molar refractivity (Wildman–Crippen MR) is 93.7 cm³/mol. The largest absolute Gasteiger partial charge is 0.342 e. The molecule has 1 saturated heterocycles. The average Bonchev–Trinajstić information content (AvgIpc) is 3.02. The molecule has 8 heteroatoms. The van der Waals surface area contributed by atoms with Crippen LogP contribution in [0.5, 0.6) is 0 Å². The quantitative estimate of drug-likeness (QED) is 0.784. The molecule has 2 aromatic rings. The third-order valence-electron chi connectivity index (χ3n) is 4.47. The number of amides is 2. The topological polar surface area (TPSA) is 92.4 Å². The molecule has 1 fully saturated rings. The van der Waals surface area contributed by atoms with Crippen molar-refractivity contribution in [3.8, 4) is 11.4 Å². The molecule has 1 aliphatic heterocycles. The summed E-state index contributed by atoms with van der Waals surface area (Å²) in [4.78, 5) is 35.9. The predicted octanol–water partition coefficient (Wildman–Crippen LogP) is 1.88. The Balaban J connectivity index is 1.51. The van der Waals surface area contributed by atoms with Crippen molar-refractivity contribution in [3.05, 3.63) is 30.4 Å². The Bertz CT molecular complexity index is 746. The minimum atomic E-state index is -0.0503. The van der Waals surface area contributed by atoms with Crippen molar-refractivity contribution in [2.24, 2.45) is 0 Å². The second-order valence-electron chi connectivity index (χ2n) is 6.44. The van der Waals surface area contributed by atoms with E-state index in [0.29, 0.717) is 31.1 Å². The van der Waals surface area contributed by atoms with Gasteiger partial charge in [0, 0.05) is 50.9 Å². The van der Waals surface area contributed by atoms with E-state index >= 15 is 0 Å². The molecule has 1 aliphatic rings. The van der Waals surface area contributed by atoms with Crippen molar-refractivity contribution in [1.29, 1.82) is 0 Å². The normalized spacial score (nSPS) is 15.0. The number of hydrogen-bond donors (Lipinski definition) is 0. The van der Waals surface area contributed by atoms with Crippen molar-refractivity contribution in [2.75, 3.05) is 20.1 Å². The van der Waals surface area contributed by atoms with Crippen LogP contribution in [0.15, 0.2) is 29.0 Å². The van der Waals surface area contributed by atoms with Gasteiger partial charge in [0.15, 0.2) is 0 Å². The molecular weight excluding hydrogens is 334 g/mol. The van der Waals surface area contributed by atoms with E-state index in [1.165, 1.54) is 0 Å². The third kappa shape index (κ3) is 4.65. The fourth-order valence-electron chi connectivity index (χ4n) is 2.92. The highest BCUT2D eigenvalue weighted by molar-refractivity contribution is 5.79. The molecule has 26 heavy (non-hydrogen) atoms. The van der Waals surface area contributed by atoms with Gasteiger partial charge in [0.1, 0.15) is 0 Å². The minimum absolute atomic E-state index is 0.0503. The van der Waals surface area contributed by atoms with Crippen LogP contribution >= 0.6 is 0 Å². The van der Waals surface area contributed by atoms with Crippen LogP contribution in [0.25, 0.3) is 11.4 Å². The first-order valence-electron chi connectivity index (χ1n) is 8.88. The Morgan fingerprint density at radius 1 is 1.27 bits per heavy atom. The van der Waals surface area contributed by atoms with Gasteiger partial charge in [-0.25, -0.2) is 0 Å². The van der Waals surface area contributed by atoms with E-state index in [2.05, 4.69) is 15.1 Å². The van der Waals surface area contributed by atoms with E-state index < -0.39 is 0 Å². The van der Waals surface area contributed by atoms with Gasteiger partial charge >= 0.3 is 0 Å². The highest BCUT2D eigenvalue weighted by Gasteiger charge is 2.19. The highest BCUT2D eigenvalue weighted by Crippen LogP contribution is 2.15. The number of likely N-dealkylation sites (tertiary alicyclic amines) is 1. The zero-order chi connectivity index (χ0) is 18.4. The monoisotopic (exact) mass is 357 g/mol. The molecular formula is C18H23N5O3. The molecule has 3 rings (SSSR count). The second-order valence-corrected chi connectivity index (χ2v) is 6.44. The lowest BCUT2D eigenvalue weighted by molar-refractivity contribution is -0.133. The summed E-state index contributed by atoms with van der Waals surface area (Å²) in [6, 6.07) is 3.59. The lowest BCUT2D eigenvalue weighted by atomic mass is 10.2. The molecule has 0 spiro atoms. The van der Waals surface area contributed by atoms with Gasteiger partial charge in [-0.1, -0.05) is 11.6 Å². The first-order valence-corrected chi connectivity index (χ1v) is 8.88. The van der Waals surface area contributed by atoms with Crippen molar-refractivity contribution in [3.63, 3.8) is 0 Å². The summed E-state index contributed by atoms with van der Waals surface area (Å²) >= 11 is 0. The fourth-order valence-corrected chi connectivity index (χ4v) is 2.92. The molecule has 0 aliphatic carbocycles. The molecule has 0 radical (unpaired) electrons. The van der Waals surface area contributed by atoms with Crippen LogP contribution in [-0.4, -0.2) is 56.9 Å². The summed E-state index contributed by atoms with van der Waals surface area (Å²) in [6.07, 6.45) is 7.23. The number of pyridine rings is 1. The van der Waals surface area contributed by atoms with Crippen molar-refractivity contribution >= 4 is 11.8 Å². The Kier molecular flexibility index (Phi) is 5.93. The van der Waals surface area contributed by atoms with E-state index in [1.807, 2.05) is 0 Å². The summed E-state index contributed by atoms with van der Waals surface area (Å²) in [7, 11) is 1.70. The molecule has 0 aromatic carbocycles. The number of nitrogens with zero attached hydrogens (tertiary/aromatic N) is 5. The Morgan fingerprint density at radius 2 is 2.08 bits per heavy atom. The van der Waals surface area contributed by atoms with Crippen LogP contribution < -0.4 is 0 Å². The minimum Gasteiger partial charge on any atom is -0.342 e. The summed E-state index contributed by atoms with van der Waals surface area (Å²) in [5, 5.41) is 3.93. The molecule has 0 unspecified atom stereocenters. The van der Waals surface area contributed by atoms with E-state index in [-0.39, 0.29) is 18.4 Å². The first-order chi connectivity index (χ1) is 12.6. The molecule has 0 bridgehead atoms. The maximum atomic E-state index is 12.3. The zero-order valence-electron chi connectivity index (χ0n) is 14.9. The van der Waals surface area contributed by atoms with E-state index in [9.17, 15) is 9.59 Å². The van der Waals surface area contributed by atoms with E-state index in [0.717, 1.165) is 31.4 Å². The maximum Gasteiger partial charge on any atom is 0.246 e. The summed E-state index contributed by atoms with van der Waals surface area (Å²) < 4.78 is 5.23. The third-order valence-corrected chi connectivity index (χ3v) is 4.47. The van der Waals surface area contributed by atoms with Gasteiger partial charge in [-0.15, -0.1) is 0 Å². The lowest BCUT2D eigenvalue weighted by Gasteiger charge is -2.22. The van der Waals surface area contributed by atoms with Crippen molar-refractivity contribution < 1.29 is 14.1 Å². The number of aromatic nitrogens is 3. The van der Waals surface area contributed by atoms with E-state index in [4.69, 9.17) is 4.52 Å². The molecule has 2 aromatic heterocycles. The second kappa shape index (κ2) is 8.55. The SMILES string of the molecule is CN(Cc1nc(-c2ccncc2)no1)C(=O)CCN1CCCCCC1=O. The molecule has 138 valence electrons. The summed E-state index contributed by atoms with van der Waals surface area (Å²) in [5.74, 6) is 0.944. The van der Waals surface area contributed by atoms with Gasteiger partial charge in [0.05, 0.1) is 6.54 Å². The molecule has 2 amide bonds. The number of hydrogen-bond acceptors (Lipinski definition) is 6. The standard InChI is InChI=1S/C18H23N5O3/c1-22(16(24)8-12-23-11-4-2-3-5-17(23)25)13-15-20-18(21-26-15)14-6-9-19-10-7-14/h6-7,9-10H,2-5,8,11-13H2,1H3. The number of carbonyl (C=O) groups is 2. The van der Waals surface area contributed by atoms with Crippen LogP contribution in [-0.2, 0) is 16.1 Å². The lowest BCUT2D eigenvalue weighted by Crippen LogP contribution is -2.35. The van der Waals surface area contributed by atoms with Gasteiger partial charge in [-0.3, -0.25) is 14.6 Å². The highest BCUT2D eigenvalue weighted by atomic mass is 16.5. The molecule has 3 heterocycles. The van der Waals surface area contributed by atoms with Crippen LogP contribution in [0.1, 0.15) is 38.0 Å². The first kappa shape index (κ1) is 18.0. The van der Waals surface area contributed by atoms with Crippen LogP contribution in [0.3, 0.4) is 0 Å². The van der Waals surface area contributed by atoms with Gasteiger partial charge in [0.2, 0.25) is 23.5 Å². The van der Waals surface area contributed by atoms with Crippen LogP contribution in [0.4, 0.5) is 0 Å². The zero-order valence-corrected chi connectivity index (χ0v) is 14.9. The average molecular weight is 357 g/mol. The Hall–Kier alpha value is -2.77. The van der Waals surface area contributed by atoms with Crippen LogP contribution in [0.2, 0.25) is 0 Å². The maximum absolute atomic E-state index is 12.3. The van der Waals surface area contributed by atoms with Gasteiger partial charge in [0.25, 0.3) is 0 Å². The molecule has 8 nitrogen and oxygen atoms in total. The fraction of sp³-hybridized carbons (Fsp3) is 0.500. The molecule has 0 atom stereocenters. The van der Waals surface area contributed by atoms with Gasteiger partial charge in [-0.05, 0) is 25.0 Å². The Morgan fingerprint density at radius 3 is 2.88 bits per heavy atom. The van der Waals surface area contributed by atoms with Gasteiger partial charge in [-0.2, -0.15) is 4.98 Å². The smallest absolute Gasteiger partial charge is 0.246 e. The summed E-state index contributed by atoms with van der Waals surface area (Å²) in [5.41, 5.74) is 0.809. The Labute approximate surface area is 152 Å². The van der Waals surface area contributed by atoms with Crippen LogP contribution in [0, 0.1) is 0 Å². The van der Waals surface area contributed by atoms with E-state index in [1.54, 1.807) is 41.4 Å². The molecule has 0 N–H and O–H groups in total.